The van der Waals surface area contributed by atoms with Gasteiger partial charge >= 0.3 is 0 Å². The normalized spacial score (nSPS) is 12.0. The molecule has 0 aliphatic carbocycles. The lowest BCUT2D eigenvalue weighted by Gasteiger charge is -2.23. The van der Waals surface area contributed by atoms with Crippen LogP contribution in [0.3, 0.4) is 0 Å². The molecular weight excluding hydrogens is 837 g/mol. The monoisotopic (exact) mass is 972 g/mol. The van der Waals surface area contributed by atoms with E-state index in [9.17, 15) is 4.80 Å². The minimum absolute atomic E-state index is 1.09. The zero-order valence-electron chi connectivity index (χ0n) is 48.5. The van der Waals surface area contributed by atoms with Crippen LogP contribution >= 0.6 is 0 Å². The van der Waals surface area contributed by atoms with Crippen molar-refractivity contribution in [1.29, 1.82) is 0 Å². The molecule has 409 valence electrons. The molecule has 0 heterocycles. The topological polar surface area (TPSA) is 19.9 Å². The molecule has 0 aliphatic rings. The average Bonchev–Trinajstić information content (AvgIpc) is 3.34. The summed E-state index contributed by atoms with van der Waals surface area (Å²) in [5, 5.41) is 0. The molecule has 68 heavy (non-hydrogen) atoms. The highest BCUT2D eigenvalue weighted by molar-refractivity contribution is 6.72. The van der Waals surface area contributed by atoms with Crippen LogP contribution < -0.4 is 0 Å². The number of hydrogen-bond donors (Lipinski definition) is 0. The van der Waals surface area contributed by atoms with Crippen molar-refractivity contribution in [2.24, 2.45) is 0 Å². The summed E-state index contributed by atoms with van der Waals surface area (Å²) in [6.45, 7) is 6.94. The van der Waals surface area contributed by atoms with Gasteiger partial charge in [0.05, 0.1) is 0 Å². The molecule has 0 saturated heterocycles. The molecule has 0 rings (SSSR count). The standard InChI is InChI=1S/C66H135OSi/c1-4-7-10-13-16-19-22-25-28-31-34-37-40-43-46-49-52-55-58-61-64-68(67,65-62-59-56-53-50-47-44-41-38-35-32-29-26-23-20-17-14-11-8-5-2)66-63-60-57-54-51-48-45-42-39-36-33-30-27-24-21-18-15-12-9-6-3/h4-66H2,1-3H3. The third-order valence-electron chi connectivity index (χ3n) is 16.5. The fourth-order valence-corrected chi connectivity index (χ4v) is 14.9. The van der Waals surface area contributed by atoms with Crippen LogP contribution in [-0.4, -0.2) is 8.32 Å². The van der Waals surface area contributed by atoms with E-state index < -0.39 is 8.32 Å². The Kier molecular flexibility index (Phi) is 61.6. The van der Waals surface area contributed by atoms with Crippen molar-refractivity contribution in [3.05, 3.63) is 0 Å². The second-order valence-electron chi connectivity index (χ2n) is 23.6. The van der Waals surface area contributed by atoms with Crippen molar-refractivity contribution in [3.8, 4) is 0 Å². The van der Waals surface area contributed by atoms with Gasteiger partial charge in [-0.05, 0) is 18.1 Å². The summed E-state index contributed by atoms with van der Waals surface area (Å²) in [7, 11) is -2.34. The van der Waals surface area contributed by atoms with Gasteiger partial charge in [-0.25, -0.2) is 0 Å². The Bertz CT molecular complexity index is 749. The van der Waals surface area contributed by atoms with Crippen molar-refractivity contribution in [1.82, 2.24) is 0 Å². The van der Waals surface area contributed by atoms with Crippen LogP contribution in [0.25, 0.3) is 0 Å². The lowest BCUT2D eigenvalue weighted by atomic mass is 10.0. The molecule has 1 radical (unpaired) electrons. The summed E-state index contributed by atoms with van der Waals surface area (Å²) in [6.07, 6.45) is 85.9. The van der Waals surface area contributed by atoms with Crippen molar-refractivity contribution < 1.29 is 4.80 Å². The Morgan fingerprint density at radius 3 is 0.338 bits per heavy atom. The minimum Gasteiger partial charge on any atom is -0.297 e. The number of unbranched alkanes of at least 4 members (excludes halogenated alkanes) is 57. The van der Waals surface area contributed by atoms with Crippen molar-refractivity contribution >= 4 is 8.32 Å². The molecule has 0 amide bonds. The molecule has 0 saturated carbocycles. The fourth-order valence-electron chi connectivity index (χ4n) is 11.5. The third kappa shape index (κ3) is 58.7. The van der Waals surface area contributed by atoms with Gasteiger partial charge in [0, 0.05) is 0 Å². The maximum absolute atomic E-state index is 14.4. The summed E-state index contributed by atoms with van der Waals surface area (Å²) in [4.78, 5) is 14.4. The van der Waals surface area contributed by atoms with E-state index in [4.69, 9.17) is 0 Å². The largest absolute Gasteiger partial charge is 0.297 e. The predicted octanol–water partition coefficient (Wildman–Crippen LogP) is 25.8. The summed E-state index contributed by atoms with van der Waals surface area (Å²) >= 11 is 0. The maximum Gasteiger partial charge on any atom is 0.237 e. The Morgan fingerprint density at radius 2 is 0.235 bits per heavy atom. The first-order valence-corrected chi connectivity index (χ1v) is 35.9. The summed E-state index contributed by atoms with van der Waals surface area (Å²) in [5.74, 6) is 0. The Labute approximate surface area is 435 Å². The van der Waals surface area contributed by atoms with Crippen LogP contribution in [-0.2, 0) is 4.80 Å². The highest BCUT2D eigenvalue weighted by Crippen LogP contribution is 2.29. The molecule has 0 aliphatic heterocycles. The van der Waals surface area contributed by atoms with Crippen LogP contribution in [0.4, 0.5) is 0 Å². The quantitative estimate of drug-likeness (QED) is 0.0428. The van der Waals surface area contributed by atoms with Crippen molar-refractivity contribution in [3.63, 3.8) is 0 Å². The molecule has 0 bridgehead atoms. The minimum atomic E-state index is -2.34. The van der Waals surface area contributed by atoms with Gasteiger partial charge in [-0.2, -0.15) is 0 Å². The van der Waals surface area contributed by atoms with Gasteiger partial charge in [-0.3, -0.25) is 4.80 Å². The molecule has 0 aromatic rings. The Balaban J connectivity index is 4.08. The highest BCUT2D eigenvalue weighted by Gasteiger charge is 2.31. The van der Waals surface area contributed by atoms with Gasteiger partial charge < -0.3 is 0 Å². The summed E-state index contributed by atoms with van der Waals surface area (Å²) in [6, 6.07) is 3.26. The van der Waals surface area contributed by atoms with Crippen LogP contribution in [0.5, 0.6) is 0 Å². The average molecular weight is 973 g/mol. The highest BCUT2D eigenvalue weighted by atomic mass is 28.4. The maximum atomic E-state index is 14.4. The second-order valence-corrected chi connectivity index (χ2v) is 27.5. The fraction of sp³-hybridized carbons (Fsp3) is 1.00. The van der Waals surface area contributed by atoms with E-state index in [-0.39, 0.29) is 0 Å². The van der Waals surface area contributed by atoms with Crippen LogP contribution in [0.15, 0.2) is 0 Å². The molecule has 0 N–H and O–H groups in total. The lowest BCUT2D eigenvalue weighted by molar-refractivity contribution is 0.397. The summed E-state index contributed by atoms with van der Waals surface area (Å²) in [5.41, 5.74) is 0. The molecule has 0 aromatic carbocycles. The number of hydrogen-bond acceptors (Lipinski definition) is 0. The van der Waals surface area contributed by atoms with E-state index in [2.05, 4.69) is 20.8 Å². The number of rotatable bonds is 63. The molecular formula is C66H135OSi. The van der Waals surface area contributed by atoms with Crippen LogP contribution in [0.2, 0.25) is 18.1 Å². The first kappa shape index (κ1) is 68.2. The van der Waals surface area contributed by atoms with E-state index in [1.54, 1.807) is 0 Å². The zero-order chi connectivity index (χ0) is 49.0. The Hall–Kier alpha value is 0.177. The third-order valence-corrected chi connectivity index (χ3v) is 20.3. The van der Waals surface area contributed by atoms with Gasteiger partial charge in [0.2, 0.25) is 8.32 Å². The van der Waals surface area contributed by atoms with Crippen molar-refractivity contribution in [2.45, 2.75) is 424 Å². The second kappa shape index (κ2) is 61.5. The van der Waals surface area contributed by atoms with Gasteiger partial charge in [0.15, 0.2) is 0 Å². The van der Waals surface area contributed by atoms with E-state index in [1.807, 2.05) is 0 Å². The van der Waals surface area contributed by atoms with Crippen LogP contribution in [0, 0.1) is 0 Å². The van der Waals surface area contributed by atoms with E-state index in [0.717, 1.165) is 18.1 Å². The molecule has 0 aromatic heterocycles. The molecule has 2 heteroatoms. The summed E-state index contributed by atoms with van der Waals surface area (Å²) < 4.78 is 0. The van der Waals surface area contributed by atoms with Gasteiger partial charge in [0.1, 0.15) is 0 Å². The van der Waals surface area contributed by atoms with Gasteiger partial charge in [0.25, 0.3) is 0 Å². The lowest BCUT2D eigenvalue weighted by Crippen LogP contribution is -2.32. The predicted molar refractivity (Wildman–Crippen MR) is 315 cm³/mol. The van der Waals surface area contributed by atoms with Gasteiger partial charge in [-0.1, -0.05) is 406 Å². The van der Waals surface area contributed by atoms with Gasteiger partial charge in [-0.15, -0.1) is 0 Å². The van der Waals surface area contributed by atoms with E-state index in [0.29, 0.717) is 0 Å². The van der Waals surface area contributed by atoms with E-state index >= 15 is 0 Å². The molecule has 0 spiro atoms. The first-order valence-electron chi connectivity index (χ1n) is 33.4. The molecule has 1 nitrogen and oxygen atoms in total. The zero-order valence-corrected chi connectivity index (χ0v) is 49.5. The Morgan fingerprint density at radius 1 is 0.147 bits per heavy atom. The molecule has 0 atom stereocenters. The van der Waals surface area contributed by atoms with Crippen molar-refractivity contribution in [2.75, 3.05) is 0 Å². The first-order chi connectivity index (χ1) is 33.7. The smallest absolute Gasteiger partial charge is 0.237 e. The van der Waals surface area contributed by atoms with Crippen LogP contribution in [0.1, 0.15) is 406 Å². The molecule has 0 unspecified atom stereocenters. The SMILES string of the molecule is CCCCCCCCCCCCCCCCCCCCCC[Si]([O])(CCCCCCCCCCCCCCCCCCCCCC)CCCCCCCCCCCCCCCCCCCCCC. The molecule has 0 fully saturated rings. The van der Waals surface area contributed by atoms with E-state index in [1.165, 1.54) is 385 Å².